The van der Waals surface area contributed by atoms with E-state index >= 15 is 0 Å². The highest BCUT2D eigenvalue weighted by Gasteiger charge is 2.26. The predicted octanol–water partition coefficient (Wildman–Crippen LogP) is 1.01. The number of hydrogen-bond donors (Lipinski definition) is 0. The van der Waals surface area contributed by atoms with Gasteiger partial charge >= 0.3 is 0 Å². The zero-order chi connectivity index (χ0) is 20.8. The fourth-order valence-electron chi connectivity index (χ4n) is 1.47. The van der Waals surface area contributed by atoms with Crippen LogP contribution in [0.2, 0.25) is 0 Å². The van der Waals surface area contributed by atoms with Gasteiger partial charge in [0.25, 0.3) is 20.2 Å². The molecule has 0 saturated heterocycles. The third kappa shape index (κ3) is 12.6. The van der Waals surface area contributed by atoms with Crippen LogP contribution in [0.5, 0.6) is 0 Å². The molecule has 0 heterocycles. The molecule has 0 radical (unpaired) electrons. The summed E-state index contributed by atoms with van der Waals surface area (Å²) in [4.78, 5) is 0. The molecule has 158 valence electrons. The Balaban J connectivity index is 4.39. The average Bonchev–Trinajstić information content (AvgIpc) is 2.40. The monoisotopic (exact) mass is 456 g/mol. The standard InChI is InChI=1S/C13H28O9S4/c1-11(23(6)14)20-25(16,17)9-7-8-10-26(18,19)21-12(2)24(15)22-13(3,4)5/h11-12H,7-10H2,1-6H3. The van der Waals surface area contributed by atoms with Crippen molar-refractivity contribution in [2.24, 2.45) is 0 Å². The van der Waals surface area contributed by atoms with Gasteiger partial charge in [-0.2, -0.15) is 16.8 Å². The van der Waals surface area contributed by atoms with E-state index in [1.165, 1.54) is 20.1 Å². The molecule has 9 nitrogen and oxygen atoms in total. The molecule has 0 aliphatic rings. The molecule has 0 aliphatic carbocycles. The summed E-state index contributed by atoms with van der Waals surface area (Å²) < 4.78 is 84.7. The summed E-state index contributed by atoms with van der Waals surface area (Å²) in [7, 11) is -7.89. The third-order valence-corrected chi connectivity index (χ3v) is 7.99. The van der Waals surface area contributed by atoms with Crippen molar-refractivity contribution in [2.45, 2.75) is 63.9 Å². The summed E-state index contributed by atoms with van der Waals surface area (Å²) in [6.45, 7) is 7.69. The van der Waals surface area contributed by atoms with Gasteiger partial charge in [0.2, 0.25) is 5.44 Å². The zero-order valence-corrected chi connectivity index (χ0v) is 19.1. The minimum Gasteiger partial charge on any atom is -0.615 e. The Labute approximate surface area is 162 Å². The Kier molecular flexibility index (Phi) is 10.8. The molecule has 0 aromatic carbocycles. The van der Waals surface area contributed by atoms with Gasteiger partial charge in [0.05, 0.1) is 23.4 Å². The van der Waals surface area contributed by atoms with Crippen molar-refractivity contribution in [2.75, 3.05) is 17.8 Å². The first-order chi connectivity index (χ1) is 11.5. The molecule has 26 heavy (non-hydrogen) atoms. The first kappa shape index (κ1) is 26.2. The molecule has 0 saturated carbocycles. The first-order valence-corrected chi connectivity index (χ1v) is 13.7. The fraction of sp³-hybridized carbons (Fsp3) is 1.00. The highest BCUT2D eigenvalue weighted by Crippen LogP contribution is 2.15. The molecule has 0 bridgehead atoms. The van der Waals surface area contributed by atoms with Crippen LogP contribution >= 0.6 is 0 Å². The first-order valence-electron chi connectivity index (χ1n) is 7.79. The van der Waals surface area contributed by atoms with Crippen molar-refractivity contribution in [1.29, 1.82) is 0 Å². The summed E-state index contributed by atoms with van der Waals surface area (Å²) in [5.74, 6) is -0.840. The minimum atomic E-state index is -3.99. The lowest BCUT2D eigenvalue weighted by Gasteiger charge is -2.20. The normalized spacial score (nSPS) is 18.3. The Morgan fingerprint density at radius 3 is 1.81 bits per heavy atom. The van der Waals surface area contributed by atoms with E-state index in [0.717, 1.165) is 0 Å². The molecule has 0 aromatic heterocycles. The van der Waals surface area contributed by atoms with Gasteiger partial charge in [0, 0.05) is 6.92 Å². The molecule has 0 rings (SSSR count). The summed E-state index contributed by atoms with van der Waals surface area (Å²) in [5, 5.41) is 0. The minimum absolute atomic E-state index is 0.00794. The maximum Gasteiger partial charge on any atom is 0.271 e. The Bertz CT molecular complexity index is 650. The number of rotatable bonds is 12. The maximum absolute atomic E-state index is 11.9. The lowest BCUT2D eigenvalue weighted by Crippen LogP contribution is -2.29. The van der Waals surface area contributed by atoms with Crippen molar-refractivity contribution in [3.63, 3.8) is 0 Å². The van der Waals surface area contributed by atoms with E-state index < -0.39 is 70.5 Å². The second kappa shape index (κ2) is 10.7. The highest BCUT2D eigenvalue weighted by molar-refractivity contribution is 7.92. The van der Waals surface area contributed by atoms with Crippen molar-refractivity contribution in [1.82, 2.24) is 0 Å². The lowest BCUT2D eigenvalue weighted by molar-refractivity contribution is 0.140. The molecule has 4 atom stereocenters. The Morgan fingerprint density at radius 1 is 1.00 bits per heavy atom. The van der Waals surface area contributed by atoms with E-state index in [-0.39, 0.29) is 12.8 Å². The van der Waals surface area contributed by atoms with E-state index in [0.29, 0.717) is 0 Å². The van der Waals surface area contributed by atoms with Crippen LogP contribution < -0.4 is 0 Å². The molecule has 0 spiro atoms. The van der Waals surface area contributed by atoms with Crippen LogP contribution in [-0.4, -0.2) is 59.8 Å². The van der Waals surface area contributed by atoms with Crippen LogP contribution in [0.3, 0.4) is 0 Å². The maximum atomic E-state index is 11.9. The van der Waals surface area contributed by atoms with Crippen LogP contribution in [0.1, 0.15) is 47.5 Å². The van der Waals surface area contributed by atoms with Gasteiger partial charge in [-0.3, -0.25) is 8.37 Å². The SMILES string of the molecule is CC(OS(=O)(=O)CCCCS(=O)(=O)OC(C)[S+](C)[O-])S(=O)OC(C)(C)C. The summed E-state index contributed by atoms with van der Waals surface area (Å²) in [6.07, 6.45) is 1.34. The molecule has 4 unspecified atom stereocenters. The molecule has 0 aliphatic heterocycles. The molecule has 0 fully saturated rings. The Hall–Kier alpha value is 0.240. The van der Waals surface area contributed by atoms with E-state index in [1.54, 1.807) is 20.8 Å². The van der Waals surface area contributed by atoms with Gasteiger partial charge < -0.3 is 4.55 Å². The van der Waals surface area contributed by atoms with Gasteiger partial charge in [-0.1, -0.05) is 0 Å². The smallest absolute Gasteiger partial charge is 0.271 e. The predicted molar refractivity (Wildman–Crippen MR) is 101 cm³/mol. The lowest BCUT2D eigenvalue weighted by atomic mass is 10.2. The van der Waals surface area contributed by atoms with Crippen LogP contribution in [0.15, 0.2) is 0 Å². The third-order valence-electron chi connectivity index (χ3n) is 2.67. The molecular formula is C13H28O9S4. The van der Waals surface area contributed by atoms with E-state index in [9.17, 15) is 25.6 Å². The van der Waals surface area contributed by atoms with Crippen LogP contribution in [-0.2, 0) is 55.0 Å². The summed E-state index contributed by atoms with van der Waals surface area (Å²) >= 11 is -3.41. The fourth-order valence-corrected chi connectivity index (χ4v) is 5.65. The van der Waals surface area contributed by atoms with E-state index in [2.05, 4.69) is 0 Å². The van der Waals surface area contributed by atoms with Gasteiger partial charge in [-0.05, 0) is 51.7 Å². The second-order valence-corrected chi connectivity index (χ2v) is 13.0. The van der Waals surface area contributed by atoms with E-state index in [1.807, 2.05) is 0 Å². The van der Waals surface area contributed by atoms with Crippen LogP contribution in [0, 0.1) is 0 Å². The topological polar surface area (TPSA) is 136 Å². The largest absolute Gasteiger partial charge is 0.615 e. The summed E-state index contributed by atoms with van der Waals surface area (Å²) in [6, 6.07) is 0. The van der Waals surface area contributed by atoms with Crippen molar-refractivity contribution in [3.05, 3.63) is 0 Å². The highest BCUT2D eigenvalue weighted by atomic mass is 32.2. The van der Waals surface area contributed by atoms with Crippen molar-refractivity contribution < 1.29 is 38.1 Å². The molecular weight excluding hydrogens is 428 g/mol. The van der Waals surface area contributed by atoms with Crippen molar-refractivity contribution >= 4 is 42.5 Å². The number of unbranched alkanes of at least 4 members (excludes halogenated alkanes) is 1. The summed E-state index contributed by atoms with van der Waals surface area (Å²) in [5.41, 5.74) is -2.88. The molecule has 0 amide bonds. The average molecular weight is 457 g/mol. The number of hydrogen-bond acceptors (Lipinski definition) is 9. The second-order valence-electron chi connectivity index (χ2n) is 6.51. The van der Waals surface area contributed by atoms with Gasteiger partial charge in [0.1, 0.15) is 0 Å². The molecule has 0 N–H and O–H groups in total. The van der Waals surface area contributed by atoms with Gasteiger partial charge in [-0.25, -0.2) is 8.39 Å². The quantitative estimate of drug-likeness (QED) is 0.239. The van der Waals surface area contributed by atoms with E-state index in [4.69, 9.17) is 12.5 Å². The van der Waals surface area contributed by atoms with Crippen LogP contribution in [0.4, 0.5) is 0 Å². The molecule has 0 aromatic rings. The van der Waals surface area contributed by atoms with Crippen molar-refractivity contribution in [3.8, 4) is 0 Å². The zero-order valence-electron chi connectivity index (χ0n) is 15.8. The Morgan fingerprint density at radius 2 is 1.42 bits per heavy atom. The van der Waals surface area contributed by atoms with Gasteiger partial charge in [-0.15, -0.1) is 0 Å². The van der Waals surface area contributed by atoms with Crippen LogP contribution in [0.25, 0.3) is 0 Å². The van der Waals surface area contributed by atoms with Gasteiger partial charge in [0.15, 0.2) is 16.5 Å². The molecule has 13 heteroatoms.